The maximum atomic E-state index is 12.6. The lowest BCUT2D eigenvalue weighted by molar-refractivity contribution is -0.132. The molecule has 3 heterocycles. The number of hydrazone groups is 1. The van der Waals surface area contributed by atoms with Crippen LogP contribution < -0.4 is 5.56 Å². The molecule has 1 aliphatic rings. The molecular formula is C21H18N6O2. The first-order chi connectivity index (χ1) is 14.2. The maximum Gasteiger partial charge on any atom is 0.270 e. The molecule has 0 aliphatic carbocycles. The second kappa shape index (κ2) is 6.66. The van der Waals surface area contributed by atoms with E-state index in [0.717, 1.165) is 11.3 Å². The van der Waals surface area contributed by atoms with Crippen molar-refractivity contribution in [3.63, 3.8) is 0 Å². The second-order valence-electron chi connectivity index (χ2n) is 6.93. The molecule has 0 radical (unpaired) electrons. The minimum Gasteiger partial charge on any atom is -0.273 e. The molecule has 8 nitrogen and oxygen atoms in total. The molecule has 1 unspecified atom stereocenters. The van der Waals surface area contributed by atoms with Crippen LogP contribution in [0, 0.1) is 0 Å². The fraction of sp³-hybridized carbons (Fsp3) is 0.190. The van der Waals surface area contributed by atoms with Gasteiger partial charge in [0.1, 0.15) is 6.04 Å². The summed E-state index contributed by atoms with van der Waals surface area (Å²) >= 11 is 0. The van der Waals surface area contributed by atoms with Gasteiger partial charge in [0.2, 0.25) is 5.91 Å². The maximum absolute atomic E-state index is 12.6. The van der Waals surface area contributed by atoms with E-state index in [9.17, 15) is 9.59 Å². The van der Waals surface area contributed by atoms with Crippen molar-refractivity contribution in [3.05, 3.63) is 76.3 Å². The molecule has 2 aromatic heterocycles. The van der Waals surface area contributed by atoms with E-state index in [0.29, 0.717) is 35.1 Å². The third-order valence-electron chi connectivity index (χ3n) is 5.19. The third kappa shape index (κ3) is 2.72. The predicted octanol–water partition coefficient (Wildman–Crippen LogP) is 2.66. The van der Waals surface area contributed by atoms with Gasteiger partial charge in [-0.25, -0.2) is 9.52 Å². The van der Waals surface area contributed by atoms with Crippen LogP contribution in [0.1, 0.15) is 37.2 Å². The van der Waals surface area contributed by atoms with E-state index in [2.05, 4.69) is 20.4 Å². The van der Waals surface area contributed by atoms with Crippen molar-refractivity contribution in [2.75, 3.05) is 0 Å². The number of H-pyrrole nitrogens is 1. The molecule has 29 heavy (non-hydrogen) atoms. The molecule has 5 rings (SSSR count). The number of carbonyl (C=O) groups excluding carboxylic acids is 1. The van der Waals surface area contributed by atoms with Gasteiger partial charge < -0.3 is 0 Å². The highest BCUT2D eigenvalue weighted by molar-refractivity contribution is 6.03. The summed E-state index contributed by atoms with van der Waals surface area (Å²) in [5.41, 5.74) is 2.07. The minimum absolute atomic E-state index is 0.110. The second-order valence-corrected chi connectivity index (χ2v) is 6.93. The van der Waals surface area contributed by atoms with Gasteiger partial charge in [0.25, 0.3) is 5.56 Å². The quantitative estimate of drug-likeness (QED) is 0.585. The molecule has 8 heteroatoms. The van der Waals surface area contributed by atoms with Gasteiger partial charge in [0.05, 0.1) is 11.1 Å². The number of carbonyl (C=O) groups is 1. The van der Waals surface area contributed by atoms with Gasteiger partial charge >= 0.3 is 0 Å². The Morgan fingerprint density at radius 1 is 1.07 bits per heavy atom. The van der Waals surface area contributed by atoms with E-state index in [-0.39, 0.29) is 11.5 Å². The predicted molar refractivity (Wildman–Crippen MR) is 109 cm³/mol. The number of hydrogen-bond donors (Lipinski definition) is 1. The minimum atomic E-state index is -0.440. The smallest absolute Gasteiger partial charge is 0.270 e. The lowest BCUT2D eigenvalue weighted by Gasteiger charge is -2.19. The van der Waals surface area contributed by atoms with Crippen molar-refractivity contribution in [1.29, 1.82) is 0 Å². The molecule has 0 spiro atoms. The van der Waals surface area contributed by atoms with Crippen molar-refractivity contribution < 1.29 is 4.79 Å². The molecule has 1 N–H and O–H groups in total. The van der Waals surface area contributed by atoms with E-state index in [1.165, 1.54) is 5.01 Å². The zero-order chi connectivity index (χ0) is 20.0. The number of rotatable bonds is 3. The largest absolute Gasteiger partial charge is 0.273 e. The number of nitrogens with one attached hydrogen (secondary N) is 1. The van der Waals surface area contributed by atoms with E-state index in [4.69, 9.17) is 0 Å². The van der Waals surface area contributed by atoms with Gasteiger partial charge in [-0.15, -0.1) is 10.2 Å². The summed E-state index contributed by atoms with van der Waals surface area (Å²) in [4.78, 5) is 25.2. The molecule has 0 saturated carbocycles. The van der Waals surface area contributed by atoms with Crippen LogP contribution in [0.15, 0.2) is 64.5 Å². The summed E-state index contributed by atoms with van der Waals surface area (Å²) in [5, 5.41) is 18.8. The van der Waals surface area contributed by atoms with E-state index in [1.54, 1.807) is 17.5 Å². The summed E-state index contributed by atoms with van der Waals surface area (Å²) in [6.45, 7) is 1.80. The average molecular weight is 386 g/mol. The summed E-state index contributed by atoms with van der Waals surface area (Å²) in [7, 11) is 0. The van der Waals surface area contributed by atoms with E-state index < -0.39 is 6.04 Å². The van der Waals surface area contributed by atoms with E-state index in [1.807, 2.05) is 48.5 Å². The van der Waals surface area contributed by atoms with Crippen LogP contribution in [-0.4, -0.2) is 36.4 Å². The summed E-state index contributed by atoms with van der Waals surface area (Å²) < 4.78 is 1.58. The highest BCUT2D eigenvalue weighted by Gasteiger charge is 2.36. The Hall–Kier alpha value is -3.81. The van der Waals surface area contributed by atoms with Gasteiger partial charge in [0, 0.05) is 18.2 Å². The standard InChI is InChI=1S/C21H18N6O2/c1-2-18(28)26-17(12-16(24-26)13-8-4-3-5-9-13)20-23-22-19-14-10-6-7-11-15(14)21(29)25-27(19)20/h3-11,17H,2,12H2,1H3,(H,25,29). The topological polar surface area (TPSA) is 95.7 Å². The number of aromatic amines is 1. The Morgan fingerprint density at radius 3 is 2.55 bits per heavy atom. The molecule has 1 aliphatic heterocycles. The van der Waals surface area contributed by atoms with Crippen molar-refractivity contribution >= 4 is 28.0 Å². The highest BCUT2D eigenvalue weighted by atomic mass is 16.2. The Labute approximate surface area is 165 Å². The van der Waals surface area contributed by atoms with Crippen molar-refractivity contribution in [2.24, 2.45) is 5.10 Å². The number of hydrogen-bond acceptors (Lipinski definition) is 5. The molecule has 2 aromatic carbocycles. The molecule has 1 atom stereocenters. The van der Waals surface area contributed by atoms with Crippen LogP contribution in [0.5, 0.6) is 0 Å². The van der Waals surface area contributed by atoms with Crippen LogP contribution in [0.2, 0.25) is 0 Å². The average Bonchev–Trinajstić information content (AvgIpc) is 3.38. The Balaban J connectivity index is 1.65. The lowest BCUT2D eigenvalue weighted by atomic mass is 10.0. The first-order valence-corrected chi connectivity index (χ1v) is 9.48. The van der Waals surface area contributed by atoms with Crippen LogP contribution in [-0.2, 0) is 4.79 Å². The van der Waals surface area contributed by atoms with Gasteiger partial charge in [-0.05, 0) is 11.6 Å². The van der Waals surface area contributed by atoms with Crippen LogP contribution >= 0.6 is 0 Å². The molecule has 1 amide bonds. The lowest BCUT2D eigenvalue weighted by Crippen LogP contribution is -2.28. The van der Waals surface area contributed by atoms with E-state index >= 15 is 0 Å². The monoisotopic (exact) mass is 386 g/mol. The number of amides is 1. The van der Waals surface area contributed by atoms with Crippen molar-refractivity contribution in [2.45, 2.75) is 25.8 Å². The van der Waals surface area contributed by atoms with Crippen LogP contribution in [0.4, 0.5) is 0 Å². The van der Waals surface area contributed by atoms with Gasteiger partial charge in [-0.2, -0.15) is 5.10 Å². The summed E-state index contributed by atoms with van der Waals surface area (Å²) in [6.07, 6.45) is 0.809. The normalized spacial score (nSPS) is 16.5. The molecular weight excluding hydrogens is 368 g/mol. The highest BCUT2D eigenvalue weighted by Crippen LogP contribution is 2.32. The number of aromatic nitrogens is 4. The molecule has 0 fully saturated rings. The van der Waals surface area contributed by atoms with Gasteiger partial charge in [0.15, 0.2) is 11.5 Å². The molecule has 144 valence electrons. The van der Waals surface area contributed by atoms with Gasteiger partial charge in [-0.3, -0.25) is 14.7 Å². The zero-order valence-corrected chi connectivity index (χ0v) is 15.7. The molecule has 0 bridgehead atoms. The third-order valence-corrected chi connectivity index (χ3v) is 5.19. The zero-order valence-electron chi connectivity index (χ0n) is 15.7. The molecule has 0 saturated heterocycles. The Morgan fingerprint density at radius 2 is 1.79 bits per heavy atom. The Kier molecular flexibility index (Phi) is 3.97. The first kappa shape index (κ1) is 17.3. The SMILES string of the molecule is CCC(=O)N1N=C(c2ccccc2)CC1c1nnc2c3ccccc3c(=O)[nH]n12. The summed E-state index contributed by atoms with van der Waals surface area (Å²) in [5.74, 6) is 0.375. The fourth-order valence-electron chi connectivity index (χ4n) is 3.74. The summed E-state index contributed by atoms with van der Waals surface area (Å²) in [6, 6.07) is 16.6. The van der Waals surface area contributed by atoms with Crippen LogP contribution in [0.3, 0.4) is 0 Å². The number of nitrogens with zero attached hydrogens (tertiary/aromatic N) is 5. The fourth-order valence-corrected chi connectivity index (χ4v) is 3.74. The van der Waals surface area contributed by atoms with Crippen LogP contribution in [0.25, 0.3) is 16.4 Å². The van der Waals surface area contributed by atoms with Crippen molar-refractivity contribution in [3.8, 4) is 0 Å². The molecule has 4 aromatic rings. The van der Waals surface area contributed by atoms with Gasteiger partial charge in [-0.1, -0.05) is 55.5 Å². The number of benzene rings is 2. The first-order valence-electron chi connectivity index (χ1n) is 9.48. The van der Waals surface area contributed by atoms with Crippen molar-refractivity contribution in [1.82, 2.24) is 24.8 Å². The Bertz CT molecular complexity index is 1320. The number of fused-ring (bicyclic) bond motifs is 3.